The Labute approximate surface area is 172 Å². The normalized spacial score (nSPS) is 11.0. The molecule has 0 amide bonds. The fraction of sp³-hybridized carbons (Fsp3) is 0.870. The lowest BCUT2D eigenvalue weighted by atomic mass is 10.1. The number of aliphatic hydroxyl groups excluding tert-OH is 3. The Balaban J connectivity index is 0. The minimum atomic E-state index is -0.664. The van der Waals surface area contributed by atoms with Gasteiger partial charge in [-0.3, -0.25) is 4.79 Å². The summed E-state index contributed by atoms with van der Waals surface area (Å²) in [5.74, 6) is -0.803. The number of carbonyl (C=O) groups is 1. The zero-order valence-electron chi connectivity index (χ0n) is 18.2. The summed E-state index contributed by atoms with van der Waals surface area (Å²) in [6, 6.07) is 0. The summed E-state index contributed by atoms with van der Waals surface area (Å²) in [4.78, 5) is 10.3. The van der Waals surface area contributed by atoms with Crippen molar-refractivity contribution in [1.29, 1.82) is 0 Å². The van der Waals surface area contributed by atoms with Gasteiger partial charge in [-0.2, -0.15) is 0 Å². The van der Waals surface area contributed by atoms with Crippen molar-refractivity contribution in [2.75, 3.05) is 19.8 Å². The van der Waals surface area contributed by atoms with Crippen molar-refractivity contribution in [3.63, 3.8) is 0 Å². The van der Waals surface area contributed by atoms with Crippen molar-refractivity contribution < 1.29 is 25.2 Å². The van der Waals surface area contributed by atoms with Gasteiger partial charge in [-0.25, -0.2) is 0 Å². The van der Waals surface area contributed by atoms with Crippen LogP contribution < -0.4 is 0 Å². The Morgan fingerprint density at radius 3 is 1.61 bits per heavy atom. The Morgan fingerprint density at radius 2 is 1.21 bits per heavy atom. The zero-order chi connectivity index (χ0) is 21.3. The lowest BCUT2D eigenvalue weighted by Gasteiger charge is -2.06. The standard InChI is InChI=1S/C18H34O2.C5H12O3/c1-2-3-4-5-6-7-8-9-10-11-12-13-14-15-16-17-18(19)20;6-2-1-5(3-7)4-8/h9-10H,2-8,11-17H2,1H3,(H,19,20);5-8H,1-4H2. The summed E-state index contributed by atoms with van der Waals surface area (Å²) in [7, 11) is 0. The van der Waals surface area contributed by atoms with E-state index in [0.717, 1.165) is 12.8 Å². The van der Waals surface area contributed by atoms with Gasteiger partial charge in [0.25, 0.3) is 0 Å². The maximum Gasteiger partial charge on any atom is 0.303 e. The molecular weight excluding hydrogens is 356 g/mol. The monoisotopic (exact) mass is 402 g/mol. The SMILES string of the molecule is CCCCCCCCC=CCCCCCCCC(=O)O.OCCC(CO)CO. The molecule has 28 heavy (non-hydrogen) atoms. The Bertz CT molecular complexity index is 327. The largest absolute Gasteiger partial charge is 0.481 e. The second kappa shape index (κ2) is 26.1. The van der Waals surface area contributed by atoms with Gasteiger partial charge in [-0.05, 0) is 38.5 Å². The number of unbranched alkanes of at least 4 members (excludes halogenated alkanes) is 11. The number of hydrogen-bond donors (Lipinski definition) is 4. The van der Waals surface area contributed by atoms with Crippen LogP contribution >= 0.6 is 0 Å². The third-order valence-electron chi connectivity index (χ3n) is 4.71. The average Bonchev–Trinajstić information content (AvgIpc) is 2.69. The van der Waals surface area contributed by atoms with Gasteiger partial charge in [0.15, 0.2) is 0 Å². The second-order valence-electron chi connectivity index (χ2n) is 7.47. The second-order valence-corrected chi connectivity index (χ2v) is 7.47. The molecule has 5 nitrogen and oxygen atoms in total. The molecule has 0 saturated heterocycles. The lowest BCUT2D eigenvalue weighted by Crippen LogP contribution is -2.12. The first-order valence-electron chi connectivity index (χ1n) is 11.3. The molecule has 0 aliphatic rings. The molecular formula is C23H46O5. The highest BCUT2D eigenvalue weighted by Gasteiger charge is 2.02. The van der Waals surface area contributed by atoms with Crippen molar-refractivity contribution in [2.24, 2.45) is 5.92 Å². The quantitative estimate of drug-likeness (QED) is 0.178. The van der Waals surface area contributed by atoms with Gasteiger partial charge in [-0.1, -0.05) is 70.4 Å². The number of carboxylic acids is 1. The molecule has 0 heterocycles. The minimum Gasteiger partial charge on any atom is -0.481 e. The van der Waals surface area contributed by atoms with Gasteiger partial charge in [0, 0.05) is 32.2 Å². The summed E-state index contributed by atoms with van der Waals surface area (Å²) in [5.41, 5.74) is 0. The van der Waals surface area contributed by atoms with Gasteiger partial charge in [0.05, 0.1) is 0 Å². The summed E-state index contributed by atoms with van der Waals surface area (Å²) >= 11 is 0. The van der Waals surface area contributed by atoms with Crippen LogP contribution in [0.4, 0.5) is 0 Å². The molecule has 168 valence electrons. The Kier molecular flexibility index (Phi) is 27.3. The third-order valence-corrected chi connectivity index (χ3v) is 4.71. The van der Waals surface area contributed by atoms with Crippen LogP contribution in [-0.2, 0) is 4.79 Å². The van der Waals surface area contributed by atoms with Gasteiger partial charge in [0.2, 0.25) is 0 Å². The van der Waals surface area contributed by atoms with Crippen LogP contribution in [0.5, 0.6) is 0 Å². The van der Waals surface area contributed by atoms with Crippen LogP contribution in [0.1, 0.15) is 103 Å². The van der Waals surface area contributed by atoms with Crippen LogP contribution in [0.2, 0.25) is 0 Å². The van der Waals surface area contributed by atoms with Crippen LogP contribution in [0.15, 0.2) is 12.2 Å². The molecule has 4 N–H and O–H groups in total. The van der Waals surface area contributed by atoms with Crippen LogP contribution in [0.25, 0.3) is 0 Å². The maximum absolute atomic E-state index is 10.3. The van der Waals surface area contributed by atoms with Gasteiger partial charge in [-0.15, -0.1) is 0 Å². The van der Waals surface area contributed by atoms with Crippen LogP contribution in [0.3, 0.4) is 0 Å². The molecule has 0 rings (SSSR count). The molecule has 0 aliphatic heterocycles. The molecule has 0 unspecified atom stereocenters. The Hall–Kier alpha value is -0.910. The molecule has 0 aromatic heterocycles. The molecule has 0 fully saturated rings. The first-order valence-corrected chi connectivity index (χ1v) is 11.3. The van der Waals surface area contributed by atoms with Crippen molar-refractivity contribution in [2.45, 2.75) is 103 Å². The van der Waals surface area contributed by atoms with Crippen molar-refractivity contribution in [3.8, 4) is 0 Å². The smallest absolute Gasteiger partial charge is 0.303 e. The summed E-state index contributed by atoms with van der Waals surface area (Å²) in [6.07, 6.45) is 21.7. The van der Waals surface area contributed by atoms with Gasteiger partial charge < -0.3 is 20.4 Å². The van der Waals surface area contributed by atoms with Crippen molar-refractivity contribution >= 4 is 5.97 Å². The topological polar surface area (TPSA) is 98.0 Å². The Morgan fingerprint density at radius 1 is 0.750 bits per heavy atom. The molecule has 0 bridgehead atoms. The van der Waals surface area contributed by atoms with E-state index in [0.29, 0.717) is 12.8 Å². The van der Waals surface area contributed by atoms with E-state index in [4.69, 9.17) is 20.4 Å². The molecule has 0 aromatic rings. The third kappa shape index (κ3) is 27.3. The molecule has 5 heteroatoms. The number of rotatable bonds is 19. The van der Waals surface area contributed by atoms with E-state index in [1.165, 1.54) is 70.6 Å². The average molecular weight is 403 g/mol. The highest BCUT2D eigenvalue weighted by atomic mass is 16.4. The number of hydrogen-bond acceptors (Lipinski definition) is 4. The zero-order valence-corrected chi connectivity index (χ0v) is 18.2. The predicted octanol–water partition coefficient (Wildman–Crippen LogP) is 5.08. The lowest BCUT2D eigenvalue weighted by molar-refractivity contribution is -0.137. The summed E-state index contributed by atoms with van der Waals surface area (Å²) in [5, 5.41) is 33.6. The van der Waals surface area contributed by atoms with E-state index < -0.39 is 5.97 Å². The van der Waals surface area contributed by atoms with Crippen LogP contribution in [-0.4, -0.2) is 46.2 Å². The van der Waals surface area contributed by atoms with E-state index in [2.05, 4.69) is 19.1 Å². The number of aliphatic carboxylic acids is 1. The molecule has 0 atom stereocenters. The summed E-state index contributed by atoms with van der Waals surface area (Å²) < 4.78 is 0. The molecule has 0 aromatic carbocycles. The molecule has 0 radical (unpaired) electrons. The van der Waals surface area contributed by atoms with Crippen LogP contribution in [0, 0.1) is 5.92 Å². The molecule has 0 spiro atoms. The van der Waals surface area contributed by atoms with Gasteiger partial charge in [0.1, 0.15) is 0 Å². The number of carboxylic acid groups (broad SMARTS) is 1. The highest BCUT2D eigenvalue weighted by Crippen LogP contribution is 2.09. The van der Waals surface area contributed by atoms with Crippen molar-refractivity contribution in [1.82, 2.24) is 0 Å². The predicted molar refractivity (Wildman–Crippen MR) is 116 cm³/mol. The molecule has 0 saturated carbocycles. The minimum absolute atomic E-state index is 0.0335. The first-order chi connectivity index (χ1) is 13.6. The van der Waals surface area contributed by atoms with E-state index in [1.54, 1.807) is 0 Å². The van der Waals surface area contributed by atoms with E-state index in [9.17, 15) is 4.79 Å². The summed E-state index contributed by atoms with van der Waals surface area (Å²) in [6.45, 7) is 2.20. The maximum atomic E-state index is 10.3. The fourth-order valence-corrected chi connectivity index (χ4v) is 2.77. The first kappa shape index (κ1) is 29.3. The van der Waals surface area contributed by atoms with E-state index >= 15 is 0 Å². The van der Waals surface area contributed by atoms with E-state index in [1.807, 2.05) is 0 Å². The highest BCUT2D eigenvalue weighted by molar-refractivity contribution is 5.66. The molecule has 0 aliphatic carbocycles. The number of aliphatic hydroxyl groups is 3. The van der Waals surface area contributed by atoms with Crippen molar-refractivity contribution in [3.05, 3.63) is 12.2 Å². The fourth-order valence-electron chi connectivity index (χ4n) is 2.77. The number of allylic oxidation sites excluding steroid dienone is 2. The van der Waals surface area contributed by atoms with E-state index in [-0.39, 0.29) is 25.7 Å². The van der Waals surface area contributed by atoms with Gasteiger partial charge >= 0.3 is 5.97 Å².